The molecule has 4 nitrogen and oxygen atoms in total. The second-order valence-corrected chi connectivity index (χ2v) is 1.39. The largest absolute Gasteiger partial charge is 0.521 e. The molecule has 0 saturated carbocycles. The number of hydrogen-bond acceptors (Lipinski definition) is 4. The van der Waals surface area contributed by atoms with Gasteiger partial charge < -0.3 is 19.4 Å². The van der Waals surface area contributed by atoms with Gasteiger partial charge in [0, 0.05) is 6.61 Å². The van der Waals surface area contributed by atoms with Gasteiger partial charge in [-0.05, 0) is 13.8 Å². The third kappa shape index (κ3) is 5.10. The van der Waals surface area contributed by atoms with Crippen LogP contribution in [0.25, 0.3) is 0 Å². The third-order valence-corrected chi connectivity index (χ3v) is 0.664. The molecule has 0 aromatic carbocycles. The molecule has 0 aliphatic carbocycles. The first-order chi connectivity index (χ1) is 4.16. The van der Waals surface area contributed by atoms with Gasteiger partial charge in [-0.25, -0.2) is 0 Å². The molecule has 1 unspecified atom stereocenters. The van der Waals surface area contributed by atoms with E-state index in [1.165, 1.54) is 6.92 Å². The van der Waals surface area contributed by atoms with E-state index in [2.05, 4.69) is 4.74 Å². The Hall–Kier alpha value is -0.770. The molecule has 0 saturated heterocycles. The van der Waals surface area contributed by atoms with E-state index in [1.807, 2.05) is 0 Å². The van der Waals surface area contributed by atoms with Crippen LogP contribution in [0, 0.1) is 0 Å². The maximum atomic E-state index is 9.67. The minimum atomic E-state index is -1.56. The molecule has 0 radical (unpaired) electrons. The van der Waals surface area contributed by atoms with Crippen molar-refractivity contribution in [2.45, 2.75) is 20.1 Å². The molecule has 1 atom stereocenters. The summed E-state index contributed by atoms with van der Waals surface area (Å²) in [6.07, 6.45) is -2.28. The van der Waals surface area contributed by atoms with E-state index >= 15 is 0 Å². The summed E-state index contributed by atoms with van der Waals surface area (Å²) in [5, 5.41) is 9.67. The summed E-state index contributed by atoms with van der Waals surface area (Å²) in [4.78, 5) is 9.67. The second kappa shape index (κ2) is 4.14. The second-order valence-electron chi connectivity index (χ2n) is 1.39. The van der Waals surface area contributed by atoms with Crippen molar-refractivity contribution >= 4 is 6.16 Å². The highest BCUT2D eigenvalue weighted by molar-refractivity contribution is 5.54. The first-order valence-electron chi connectivity index (χ1n) is 2.66. The molecule has 0 amide bonds. The lowest BCUT2D eigenvalue weighted by Crippen LogP contribution is -2.29. The molecular weight excluding hydrogens is 124 g/mol. The normalized spacial score (nSPS) is 12.7. The van der Waals surface area contributed by atoms with Gasteiger partial charge in [-0.1, -0.05) is 0 Å². The first kappa shape index (κ1) is 8.23. The smallest absolute Gasteiger partial charge is 0.254 e. The average Bonchev–Trinajstić information content (AvgIpc) is 1.63. The number of carbonyl (C=O) groups is 1. The molecule has 9 heavy (non-hydrogen) atoms. The Bertz CT molecular complexity index is 91.0. The lowest BCUT2D eigenvalue weighted by molar-refractivity contribution is -0.300. The van der Waals surface area contributed by atoms with Crippen LogP contribution in [0.15, 0.2) is 0 Å². The van der Waals surface area contributed by atoms with Crippen LogP contribution in [0.5, 0.6) is 0 Å². The summed E-state index contributed by atoms with van der Waals surface area (Å²) in [5.41, 5.74) is 0. The average molecular weight is 133 g/mol. The Morgan fingerprint density at radius 2 is 2.33 bits per heavy atom. The number of carbonyl (C=O) groups excluding carboxylic acids is 1. The zero-order chi connectivity index (χ0) is 7.28. The van der Waals surface area contributed by atoms with E-state index in [1.54, 1.807) is 6.92 Å². The molecule has 0 heterocycles. The minimum absolute atomic E-state index is 0.425. The van der Waals surface area contributed by atoms with Gasteiger partial charge in [-0.2, -0.15) is 0 Å². The van der Waals surface area contributed by atoms with Crippen molar-refractivity contribution in [1.29, 1.82) is 0 Å². The molecule has 0 aromatic heterocycles. The number of hydrogen-bond donors (Lipinski definition) is 0. The molecule has 0 aromatic rings. The third-order valence-electron chi connectivity index (χ3n) is 0.664. The highest BCUT2D eigenvalue weighted by Gasteiger charge is 1.95. The molecule has 0 bridgehead atoms. The summed E-state index contributed by atoms with van der Waals surface area (Å²) in [6, 6.07) is 0. The van der Waals surface area contributed by atoms with Gasteiger partial charge in [0.05, 0.1) is 0 Å². The molecule has 54 valence electrons. The fraction of sp³-hybridized carbons (Fsp3) is 0.800. The lowest BCUT2D eigenvalue weighted by Gasteiger charge is -2.16. The predicted molar refractivity (Wildman–Crippen MR) is 27.6 cm³/mol. The summed E-state index contributed by atoms with van der Waals surface area (Å²) in [5.74, 6) is 0. The molecule has 0 aliphatic rings. The Kier molecular flexibility index (Phi) is 3.79. The van der Waals surface area contributed by atoms with E-state index in [0.717, 1.165) is 0 Å². The van der Waals surface area contributed by atoms with Crippen LogP contribution in [0.3, 0.4) is 0 Å². The van der Waals surface area contributed by atoms with Crippen molar-refractivity contribution in [2.75, 3.05) is 6.61 Å². The quantitative estimate of drug-likeness (QED) is 0.392. The zero-order valence-corrected chi connectivity index (χ0v) is 5.42. The van der Waals surface area contributed by atoms with E-state index in [0.29, 0.717) is 6.61 Å². The maximum Gasteiger partial charge on any atom is 0.254 e. The van der Waals surface area contributed by atoms with Gasteiger partial charge in [0.25, 0.3) is 6.16 Å². The Morgan fingerprint density at radius 1 is 1.78 bits per heavy atom. The van der Waals surface area contributed by atoms with Crippen LogP contribution in [0.4, 0.5) is 4.79 Å². The van der Waals surface area contributed by atoms with Crippen molar-refractivity contribution in [1.82, 2.24) is 0 Å². The van der Waals surface area contributed by atoms with Crippen LogP contribution in [0.1, 0.15) is 13.8 Å². The molecular formula is C5H9O4-. The standard InChI is InChI=1S/C5H10O4/c1-3-8-4(2)9-5(6)7/h4H,3H2,1-2H3,(H,6,7)/p-1. The zero-order valence-electron chi connectivity index (χ0n) is 5.42. The van der Waals surface area contributed by atoms with Crippen LogP contribution < -0.4 is 5.11 Å². The Labute approximate surface area is 53.4 Å². The van der Waals surface area contributed by atoms with Gasteiger partial charge in [-0.15, -0.1) is 0 Å². The van der Waals surface area contributed by atoms with Gasteiger partial charge in [0.15, 0.2) is 0 Å². The van der Waals surface area contributed by atoms with Gasteiger partial charge in [-0.3, -0.25) is 0 Å². The van der Waals surface area contributed by atoms with E-state index < -0.39 is 12.4 Å². The van der Waals surface area contributed by atoms with Crippen LogP contribution >= 0.6 is 0 Å². The Balaban J connectivity index is 3.26. The van der Waals surface area contributed by atoms with Gasteiger partial charge in [0.1, 0.15) is 6.29 Å². The molecule has 0 aliphatic heterocycles. The maximum absolute atomic E-state index is 9.67. The van der Waals surface area contributed by atoms with Crippen LogP contribution in [-0.2, 0) is 9.47 Å². The molecule has 0 rings (SSSR count). The lowest BCUT2D eigenvalue weighted by atomic mass is 10.7. The van der Waals surface area contributed by atoms with E-state index in [9.17, 15) is 9.90 Å². The summed E-state index contributed by atoms with van der Waals surface area (Å²) in [7, 11) is 0. The fourth-order valence-electron chi connectivity index (χ4n) is 0.404. The number of carboxylic acid groups (broad SMARTS) is 1. The highest BCUT2D eigenvalue weighted by Crippen LogP contribution is 1.90. The van der Waals surface area contributed by atoms with E-state index in [4.69, 9.17) is 4.74 Å². The molecule has 0 N–H and O–H groups in total. The fourth-order valence-corrected chi connectivity index (χ4v) is 0.404. The van der Waals surface area contributed by atoms with Crippen molar-refractivity contribution in [3.8, 4) is 0 Å². The first-order valence-corrected chi connectivity index (χ1v) is 2.66. The van der Waals surface area contributed by atoms with Crippen LogP contribution in [0.2, 0.25) is 0 Å². The number of rotatable bonds is 3. The monoisotopic (exact) mass is 133 g/mol. The highest BCUT2D eigenvalue weighted by atomic mass is 16.7. The van der Waals surface area contributed by atoms with Crippen molar-refractivity contribution in [2.24, 2.45) is 0 Å². The van der Waals surface area contributed by atoms with Crippen LogP contribution in [-0.4, -0.2) is 19.1 Å². The predicted octanol–water partition coefficient (Wildman–Crippen LogP) is -0.271. The molecule has 0 fully saturated rings. The minimum Gasteiger partial charge on any atom is -0.521 e. The Morgan fingerprint density at radius 3 is 2.67 bits per heavy atom. The van der Waals surface area contributed by atoms with Crippen molar-refractivity contribution < 1.29 is 19.4 Å². The summed E-state index contributed by atoms with van der Waals surface area (Å²) in [6.45, 7) is 3.66. The number of ether oxygens (including phenoxy) is 2. The van der Waals surface area contributed by atoms with Gasteiger partial charge in [0.2, 0.25) is 0 Å². The van der Waals surface area contributed by atoms with E-state index in [-0.39, 0.29) is 0 Å². The van der Waals surface area contributed by atoms with Gasteiger partial charge >= 0.3 is 0 Å². The summed E-state index contributed by atoms with van der Waals surface area (Å²) >= 11 is 0. The molecule has 0 spiro atoms. The van der Waals surface area contributed by atoms with Crippen molar-refractivity contribution in [3.63, 3.8) is 0 Å². The van der Waals surface area contributed by atoms with Crippen molar-refractivity contribution in [3.05, 3.63) is 0 Å². The summed E-state index contributed by atoms with van der Waals surface area (Å²) < 4.78 is 8.78. The molecule has 4 heteroatoms. The SMILES string of the molecule is CCOC(C)OC(=O)[O-]. The topological polar surface area (TPSA) is 58.6 Å².